The third-order valence-electron chi connectivity index (χ3n) is 7.67. The minimum atomic E-state index is 0.780. The third kappa shape index (κ3) is 4.77. The highest BCUT2D eigenvalue weighted by atomic mass is 16.5. The van der Waals surface area contributed by atoms with E-state index in [4.69, 9.17) is 4.74 Å². The van der Waals surface area contributed by atoms with Gasteiger partial charge in [0.05, 0.1) is 6.61 Å². The molecular formula is C37H34O. The smallest absolute Gasteiger partial charge is 0.119 e. The average Bonchev–Trinajstić information content (AvgIpc) is 3.36. The fourth-order valence-electron chi connectivity index (χ4n) is 5.78. The summed E-state index contributed by atoms with van der Waals surface area (Å²) >= 11 is 0. The molecule has 1 nitrogen and oxygen atoms in total. The molecular weight excluding hydrogens is 460 g/mol. The molecule has 0 bridgehead atoms. The van der Waals surface area contributed by atoms with Gasteiger partial charge in [-0.15, -0.1) is 0 Å². The molecule has 0 aliphatic heterocycles. The summed E-state index contributed by atoms with van der Waals surface area (Å²) in [5.74, 6) is 0.946. The molecule has 0 unspecified atom stereocenters. The number of ether oxygens (including phenoxy) is 1. The first-order chi connectivity index (χ1) is 18.8. The molecule has 0 spiro atoms. The van der Waals surface area contributed by atoms with Gasteiger partial charge in [-0.25, -0.2) is 0 Å². The van der Waals surface area contributed by atoms with E-state index in [1.807, 2.05) is 0 Å². The van der Waals surface area contributed by atoms with Crippen LogP contribution in [-0.2, 0) is 6.42 Å². The first-order valence-electron chi connectivity index (χ1n) is 14.0. The summed E-state index contributed by atoms with van der Waals surface area (Å²) < 4.78 is 6.07. The Morgan fingerprint density at radius 2 is 1.21 bits per heavy atom. The lowest BCUT2D eigenvalue weighted by atomic mass is 9.82. The van der Waals surface area contributed by atoms with Crippen molar-refractivity contribution < 1.29 is 4.74 Å². The zero-order chi connectivity index (χ0) is 25.7. The van der Waals surface area contributed by atoms with Crippen LogP contribution in [0.4, 0.5) is 0 Å². The Bertz CT molecular complexity index is 1520. The fraction of sp³-hybridized carbons (Fsp3) is 0.189. The van der Waals surface area contributed by atoms with E-state index in [1.165, 1.54) is 74.9 Å². The molecule has 0 radical (unpaired) electrons. The van der Waals surface area contributed by atoms with Crippen molar-refractivity contribution in [3.8, 4) is 50.3 Å². The van der Waals surface area contributed by atoms with E-state index in [9.17, 15) is 0 Å². The number of hydrogen-bond acceptors (Lipinski definition) is 1. The van der Waals surface area contributed by atoms with Crippen molar-refractivity contribution in [3.05, 3.63) is 126 Å². The number of rotatable bonds is 9. The van der Waals surface area contributed by atoms with Crippen molar-refractivity contribution >= 4 is 0 Å². The van der Waals surface area contributed by atoms with E-state index in [2.05, 4.69) is 122 Å². The SMILES string of the molecule is CCCCCCOc1ccc(-c2cc3c(c(-c4ccccc4)c2-c2ccccc2)Cc2ccccc2-3)cc1. The van der Waals surface area contributed by atoms with Crippen LogP contribution in [0.25, 0.3) is 44.5 Å². The number of unbranched alkanes of at least 4 members (excludes halogenated alkanes) is 3. The molecule has 0 saturated heterocycles. The van der Waals surface area contributed by atoms with Crippen LogP contribution in [-0.4, -0.2) is 6.61 Å². The lowest BCUT2D eigenvalue weighted by molar-refractivity contribution is 0.305. The lowest BCUT2D eigenvalue weighted by Crippen LogP contribution is -1.98. The Labute approximate surface area is 226 Å². The summed E-state index contributed by atoms with van der Waals surface area (Å²) in [5.41, 5.74) is 13.2. The normalized spacial score (nSPS) is 11.7. The Kier molecular flexibility index (Phi) is 7.09. The summed E-state index contributed by atoms with van der Waals surface area (Å²) in [6.45, 7) is 3.02. The van der Waals surface area contributed by atoms with Gasteiger partial charge in [-0.3, -0.25) is 0 Å². The maximum absolute atomic E-state index is 6.07. The van der Waals surface area contributed by atoms with Gasteiger partial charge < -0.3 is 4.74 Å². The maximum atomic E-state index is 6.07. The highest BCUT2D eigenvalue weighted by Gasteiger charge is 2.27. The predicted octanol–water partition coefficient (Wildman–Crippen LogP) is 10.2. The second-order valence-corrected chi connectivity index (χ2v) is 10.2. The Morgan fingerprint density at radius 3 is 1.92 bits per heavy atom. The highest BCUT2D eigenvalue weighted by molar-refractivity contribution is 6.01. The van der Waals surface area contributed by atoms with Gasteiger partial charge in [0.1, 0.15) is 5.75 Å². The second kappa shape index (κ2) is 11.1. The zero-order valence-electron chi connectivity index (χ0n) is 22.1. The van der Waals surface area contributed by atoms with E-state index in [0.29, 0.717) is 0 Å². The van der Waals surface area contributed by atoms with E-state index >= 15 is 0 Å². The van der Waals surface area contributed by atoms with Crippen molar-refractivity contribution in [3.63, 3.8) is 0 Å². The number of hydrogen-bond donors (Lipinski definition) is 0. The van der Waals surface area contributed by atoms with Crippen molar-refractivity contribution in [2.24, 2.45) is 0 Å². The molecule has 1 heteroatoms. The van der Waals surface area contributed by atoms with Crippen molar-refractivity contribution in [2.75, 3.05) is 6.61 Å². The molecule has 0 N–H and O–H groups in total. The third-order valence-corrected chi connectivity index (χ3v) is 7.67. The van der Waals surface area contributed by atoms with Gasteiger partial charge in [0.15, 0.2) is 0 Å². The van der Waals surface area contributed by atoms with Crippen LogP contribution >= 0.6 is 0 Å². The molecule has 1 aliphatic rings. The molecule has 188 valence electrons. The first kappa shape index (κ1) is 24.2. The standard InChI is InChI=1S/C37H34O/c1-2-3-4-13-24-38-31-22-20-27(21-23-31)33-26-34-32-19-12-11-18-30(32)25-35(34)37(29-16-9-6-10-17-29)36(33)28-14-7-5-8-15-28/h5-12,14-23,26H,2-4,13,24-25H2,1H3. The Morgan fingerprint density at radius 1 is 0.553 bits per heavy atom. The minimum absolute atomic E-state index is 0.780. The van der Waals surface area contributed by atoms with Gasteiger partial charge in [0, 0.05) is 0 Å². The monoisotopic (exact) mass is 494 g/mol. The highest BCUT2D eigenvalue weighted by Crippen LogP contribution is 2.50. The molecule has 5 aromatic rings. The fourth-order valence-corrected chi connectivity index (χ4v) is 5.78. The Balaban J connectivity index is 1.51. The zero-order valence-corrected chi connectivity index (χ0v) is 22.1. The van der Waals surface area contributed by atoms with Crippen LogP contribution in [0.1, 0.15) is 43.7 Å². The number of fused-ring (bicyclic) bond motifs is 3. The molecule has 0 fully saturated rings. The van der Waals surface area contributed by atoms with Crippen LogP contribution in [0.3, 0.4) is 0 Å². The van der Waals surface area contributed by atoms with Gasteiger partial charge in [-0.05, 0) is 86.7 Å². The van der Waals surface area contributed by atoms with Crippen molar-refractivity contribution in [1.82, 2.24) is 0 Å². The van der Waals surface area contributed by atoms with E-state index in [1.54, 1.807) is 0 Å². The van der Waals surface area contributed by atoms with E-state index in [-0.39, 0.29) is 0 Å². The minimum Gasteiger partial charge on any atom is -0.494 e. The molecule has 0 heterocycles. The topological polar surface area (TPSA) is 9.23 Å². The van der Waals surface area contributed by atoms with Gasteiger partial charge in [-0.1, -0.05) is 123 Å². The van der Waals surface area contributed by atoms with Crippen LogP contribution in [0.2, 0.25) is 0 Å². The molecule has 0 saturated carbocycles. The first-order valence-corrected chi connectivity index (χ1v) is 14.0. The van der Waals surface area contributed by atoms with Crippen molar-refractivity contribution in [1.29, 1.82) is 0 Å². The summed E-state index contributed by atoms with van der Waals surface area (Å²) in [6, 6.07) is 41.8. The number of benzene rings is 5. The summed E-state index contributed by atoms with van der Waals surface area (Å²) in [6.07, 6.45) is 5.82. The summed E-state index contributed by atoms with van der Waals surface area (Å²) in [4.78, 5) is 0. The van der Waals surface area contributed by atoms with Crippen LogP contribution in [0, 0.1) is 0 Å². The molecule has 0 amide bonds. The quantitative estimate of drug-likeness (QED) is 0.182. The van der Waals surface area contributed by atoms with Gasteiger partial charge in [0.25, 0.3) is 0 Å². The van der Waals surface area contributed by atoms with Crippen LogP contribution in [0.15, 0.2) is 115 Å². The molecule has 1 aliphatic carbocycles. The van der Waals surface area contributed by atoms with Crippen molar-refractivity contribution in [2.45, 2.75) is 39.0 Å². The van der Waals surface area contributed by atoms with Gasteiger partial charge in [-0.2, -0.15) is 0 Å². The second-order valence-electron chi connectivity index (χ2n) is 10.2. The predicted molar refractivity (Wildman–Crippen MR) is 161 cm³/mol. The Hall–Kier alpha value is -4.10. The van der Waals surface area contributed by atoms with Crippen LogP contribution in [0.5, 0.6) is 5.75 Å². The molecule has 0 atom stereocenters. The maximum Gasteiger partial charge on any atom is 0.119 e. The molecule has 6 rings (SSSR count). The van der Waals surface area contributed by atoms with E-state index in [0.717, 1.165) is 25.2 Å². The lowest BCUT2D eigenvalue weighted by Gasteiger charge is -2.21. The summed E-state index contributed by atoms with van der Waals surface area (Å²) in [5, 5.41) is 0. The van der Waals surface area contributed by atoms with Gasteiger partial charge >= 0.3 is 0 Å². The molecule has 0 aromatic heterocycles. The van der Waals surface area contributed by atoms with Gasteiger partial charge in [0.2, 0.25) is 0 Å². The van der Waals surface area contributed by atoms with E-state index < -0.39 is 0 Å². The van der Waals surface area contributed by atoms with Crippen LogP contribution < -0.4 is 4.74 Å². The summed E-state index contributed by atoms with van der Waals surface area (Å²) in [7, 11) is 0. The molecule has 38 heavy (non-hydrogen) atoms. The molecule has 5 aromatic carbocycles. The average molecular weight is 495 g/mol. The largest absolute Gasteiger partial charge is 0.494 e.